The van der Waals surface area contributed by atoms with Gasteiger partial charge in [0.2, 0.25) is 5.91 Å². The molecule has 8 heteroatoms. The largest absolute Gasteiger partial charge is 0.302 e. The summed E-state index contributed by atoms with van der Waals surface area (Å²) in [5, 5.41) is 0. The summed E-state index contributed by atoms with van der Waals surface area (Å²) in [6, 6.07) is 1.79. The highest BCUT2D eigenvalue weighted by Gasteiger charge is 2.35. The van der Waals surface area contributed by atoms with Gasteiger partial charge in [-0.3, -0.25) is 9.69 Å². The van der Waals surface area contributed by atoms with Crippen LogP contribution in [0.15, 0.2) is 16.7 Å². The van der Waals surface area contributed by atoms with Gasteiger partial charge >= 0.3 is 10.2 Å². The number of amides is 1. The van der Waals surface area contributed by atoms with Crippen molar-refractivity contribution in [1.82, 2.24) is 4.98 Å². The fourth-order valence-electron chi connectivity index (χ4n) is 2.09. The highest BCUT2D eigenvalue weighted by atomic mass is 79.9. The summed E-state index contributed by atoms with van der Waals surface area (Å²) < 4.78 is 34.6. The van der Waals surface area contributed by atoms with Gasteiger partial charge in [-0.1, -0.05) is 0 Å². The van der Waals surface area contributed by atoms with Crippen molar-refractivity contribution in [3.05, 3.63) is 22.3 Å². The van der Waals surface area contributed by atoms with E-state index in [1.807, 2.05) is 6.92 Å². The number of hydrogen-bond donors (Lipinski definition) is 0. The molecule has 0 spiro atoms. The van der Waals surface area contributed by atoms with Gasteiger partial charge in [-0.15, -0.1) is 3.89 Å². The molecule has 1 unspecified atom stereocenters. The molecule has 0 aromatic carbocycles. The zero-order valence-electron chi connectivity index (χ0n) is 10.1. The molecule has 19 heavy (non-hydrogen) atoms. The molecule has 0 N–H and O–H groups in total. The van der Waals surface area contributed by atoms with Gasteiger partial charge in [0.1, 0.15) is 5.82 Å². The monoisotopic (exact) mass is 350 g/mol. The summed E-state index contributed by atoms with van der Waals surface area (Å²) in [6.45, 7) is 2.02. The molecule has 2 heterocycles. The van der Waals surface area contributed by atoms with E-state index in [1.165, 1.54) is 4.90 Å². The lowest BCUT2D eigenvalue weighted by Gasteiger charge is -2.17. The summed E-state index contributed by atoms with van der Waals surface area (Å²) in [5.41, 5.74) is 0.916. The molecule has 1 aromatic rings. The zero-order valence-corrected chi connectivity index (χ0v) is 12.5. The molecule has 1 saturated heterocycles. The minimum atomic E-state index is -4.57. The standard InChI is InChI=1S/C11H12BrFN2O3S/c1-7-2-3-14-11(10(7)12)15-5-8(4-9(15)16)6-19(13,17)18/h2-3,8H,4-6H2,1H3. The highest BCUT2D eigenvalue weighted by molar-refractivity contribution is 9.10. The first-order valence-corrected chi connectivity index (χ1v) is 7.96. The molecule has 1 amide bonds. The Labute approximate surface area is 119 Å². The van der Waals surface area contributed by atoms with E-state index in [2.05, 4.69) is 20.9 Å². The van der Waals surface area contributed by atoms with Gasteiger partial charge in [0.25, 0.3) is 0 Å². The molecule has 2 rings (SSSR count). The van der Waals surface area contributed by atoms with Crippen LogP contribution >= 0.6 is 15.9 Å². The molecule has 1 aromatic heterocycles. The molecule has 0 bridgehead atoms. The Morgan fingerprint density at radius 1 is 1.58 bits per heavy atom. The van der Waals surface area contributed by atoms with Crippen molar-refractivity contribution >= 4 is 37.9 Å². The van der Waals surface area contributed by atoms with Crippen molar-refractivity contribution in [2.45, 2.75) is 13.3 Å². The van der Waals surface area contributed by atoms with Crippen LogP contribution in [0.5, 0.6) is 0 Å². The van der Waals surface area contributed by atoms with Crippen molar-refractivity contribution in [3.8, 4) is 0 Å². The van der Waals surface area contributed by atoms with Gasteiger partial charge in [-0.25, -0.2) is 4.98 Å². The number of rotatable bonds is 3. The van der Waals surface area contributed by atoms with Gasteiger partial charge < -0.3 is 0 Å². The van der Waals surface area contributed by atoms with E-state index in [0.29, 0.717) is 10.3 Å². The summed E-state index contributed by atoms with van der Waals surface area (Å²) in [5.74, 6) is -0.952. The lowest BCUT2D eigenvalue weighted by Crippen LogP contribution is -2.26. The van der Waals surface area contributed by atoms with Crippen molar-refractivity contribution in [2.24, 2.45) is 5.92 Å². The quantitative estimate of drug-likeness (QED) is 0.779. The van der Waals surface area contributed by atoms with E-state index in [-0.39, 0.29) is 18.9 Å². The molecular weight excluding hydrogens is 339 g/mol. The van der Waals surface area contributed by atoms with Gasteiger partial charge in [0, 0.05) is 25.1 Å². The number of hydrogen-bond acceptors (Lipinski definition) is 4. The third-order valence-electron chi connectivity index (χ3n) is 2.96. The number of halogens is 2. The normalized spacial score (nSPS) is 20.1. The van der Waals surface area contributed by atoms with Crippen LogP contribution in [-0.2, 0) is 15.0 Å². The molecule has 0 radical (unpaired) electrons. The van der Waals surface area contributed by atoms with Gasteiger partial charge in [-0.2, -0.15) is 8.42 Å². The second kappa shape index (κ2) is 5.16. The molecule has 1 aliphatic heterocycles. The second-order valence-electron chi connectivity index (χ2n) is 4.55. The molecule has 104 valence electrons. The van der Waals surface area contributed by atoms with Gasteiger partial charge in [0.15, 0.2) is 0 Å². The zero-order chi connectivity index (χ0) is 14.2. The van der Waals surface area contributed by atoms with E-state index in [1.54, 1.807) is 12.3 Å². The van der Waals surface area contributed by atoms with Crippen molar-refractivity contribution < 1.29 is 17.1 Å². The van der Waals surface area contributed by atoms with Crippen LogP contribution in [0, 0.1) is 12.8 Å². The molecule has 0 aliphatic carbocycles. The van der Waals surface area contributed by atoms with E-state index in [4.69, 9.17) is 0 Å². The third kappa shape index (κ3) is 3.30. The summed E-state index contributed by atoms with van der Waals surface area (Å²) in [7, 11) is -4.57. The molecule has 1 fully saturated rings. The fraction of sp³-hybridized carbons (Fsp3) is 0.455. The van der Waals surface area contributed by atoms with Crippen LogP contribution in [0.3, 0.4) is 0 Å². The molecular formula is C11H12BrFN2O3S. The van der Waals surface area contributed by atoms with Crippen LogP contribution in [-0.4, -0.2) is 31.6 Å². The Morgan fingerprint density at radius 3 is 2.89 bits per heavy atom. The van der Waals surface area contributed by atoms with Crippen molar-refractivity contribution in [1.29, 1.82) is 0 Å². The topological polar surface area (TPSA) is 67.3 Å². The Morgan fingerprint density at radius 2 is 2.26 bits per heavy atom. The maximum Gasteiger partial charge on any atom is 0.302 e. The number of carbonyl (C=O) groups is 1. The van der Waals surface area contributed by atoms with E-state index in [0.717, 1.165) is 5.56 Å². The van der Waals surface area contributed by atoms with Gasteiger partial charge in [0.05, 0.1) is 10.2 Å². The van der Waals surface area contributed by atoms with Crippen molar-refractivity contribution in [2.75, 3.05) is 17.2 Å². The maximum atomic E-state index is 12.7. The lowest BCUT2D eigenvalue weighted by atomic mass is 10.1. The maximum absolute atomic E-state index is 12.7. The van der Waals surface area contributed by atoms with Crippen LogP contribution < -0.4 is 4.90 Å². The lowest BCUT2D eigenvalue weighted by molar-refractivity contribution is -0.117. The number of anilines is 1. The van der Waals surface area contributed by atoms with Crippen LogP contribution in [0.4, 0.5) is 9.70 Å². The predicted molar refractivity (Wildman–Crippen MR) is 72.0 cm³/mol. The average Bonchev–Trinajstić information content (AvgIpc) is 2.61. The number of pyridine rings is 1. The molecule has 1 aliphatic rings. The fourth-order valence-corrected chi connectivity index (χ4v) is 3.33. The van der Waals surface area contributed by atoms with Crippen LogP contribution in [0.1, 0.15) is 12.0 Å². The summed E-state index contributed by atoms with van der Waals surface area (Å²) in [6.07, 6.45) is 1.59. The Balaban J connectivity index is 2.23. The number of nitrogens with zero attached hydrogens (tertiary/aromatic N) is 2. The first kappa shape index (κ1) is 14.4. The summed E-state index contributed by atoms with van der Waals surface area (Å²) in [4.78, 5) is 17.4. The highest BCUT2D eigenvalue weighted by Crippen LogP contribution is 2.31. The minimum absolute atomic E-state index is 0.0191. The first-order chi connectivity index (χ1) is 8.78. The van der Waals surface area contributed by atoms with Crippen LogP contribution in [0.25, 0.3) is 0 Å². The summed E-state index contributed by atoms with van der Waals surface area (Å²) >= 11 is 3.35. The SMILES string of the molecule is Cc1ccnc(N2CC(CS(=O)(=O)F)CC2=O)c1Br. The average molecular weight is 351 g/mol. The predicted octanol–water partition coefficient (Wildman–Crippen LogP) is 1.80. The Bertz CT molecular complexity index is 620. The Hall–Kier alpha value is -1.02. The van der Waals surface area contributed by atoms with Crippen molar-refractivity contribution in [3.63, 3.8) is 0 Å². The van der Waals surface area contributed by atoms with Crippen LogP contribution in [0.2, 0.25) is 0 Å². The number of aromatic nitrogens is 1. The number of aryl methyl sites for hydroxylation is 1. The molecule has 1 atom stereocenters. The molecule has 5 nitrogen and oxygen atoms in total. The van der Waals surface area contributed by atoms with E-state index in [9.17, 15) is 17.1 Å². The van der Waals surface area contributed by atoms with E-state index >= 15 is 0 Å². The van der Waals surface area contributed by atoms with E-state index < -0.39 is 21.9 Å². The smallest absolute Gasteiger partial charge is 0.296 e. The third-order valence-corrected chi connectivity index (χ3v) is 4.81. The van der Waals surface area contributed by atoms with Gasteiger partial charge in [-0.05, 0) is 34.5 Å². The first-order valence-electron chi connectivity index (χ1n) is 5.61. The Kier molecular flexibility index (Phi) is 3.91. The number of carbonyl (C=O) groups excluding carboxylic acids is 1. The molecule has 0 saturated carbocycles. The second-order valence-corrected chi connectivity index (χ2v) is 6.75. The minimum Gasteiger partial charge on any atom is -0.296 e.